The number of aromatic nitrogens is 1. The van der Waals surface area contributed by atoms with Crippen LogP contribution in [0.3, 0.4) is 0 Å². The van der Waals surface area contributed by atoms with Crippen LogP contribution in [0.5, 0.6) is 5.75 Å². The Morgan fingerprint density at radius 2 is 1.89 bits per heavy atom. The van der Waals surface area contributed by atoms with Crippen molar-refractivity contribution in [2.45, 2.75) is 13.1 Å². The Balaban J connectivity index is 2.40. The van der Waals surface area contributed by atoms with Gasteiger partial charge >= 0.3 is 5.97 Å². The van der Waals surface area contributed by atoms with Crippen molar-refractivity contribution in [3.8, 4) is 5.75 Å². The molecule has 0 aliphatic rings. The molecule has 2 aromatic rings. The van der Waals surface area contributed by atoms with E-state index in [1.165, 1.54) is 24.3 Å². The van der Waals surface area contributed by atoms with Gasteiger partial charge in [-0.25, -0.2) is 9.18 Å². The van der Waals surface area contributed by atoms with Gasteiger partial charge in [-0.3, -0.25) is 9.59 Å². The molecule has 0 atom stereocenters. The van der Waals surface area contributed by atoms with E-state index < -0.39 is 28.9 Å². The van der Waals surface area contributed by atoms with Crippen LogP contribution in [0.25, 0.3) is 0 Å². The van der Waals surface area contributed by atoms with Crippen molar-refractivity contribution in [1.82, 2.24) is 9.88 Å². The van der Waals surface area contributed by atoms with E-state index in [2.05, 4.69) is 10.1 Å². The van der Waals surface area contributed by atoms with Gasteiger partial charge in [-0.05, 0) is 17.7 Å². The Hall–Kier alpha value is -3.49. The highest BCUT2D eigenvalue weighted by molar-refractivity contribution is 5.97. The summed E-state index contributed by atoms with van der Waals surface area (Å²) in [6.45, 7) is -0.243. The third kappa shape index (κ3) is 4.38. The van der Waals surface area contributed by atoms with Crippen molar-refractivity contribution < 1.29 is 28.2 Å². The molecule has 0 saturated heterocycles. The molecule has 0 fully saturated rings. The van der Waals surface area contributed by atoms with Crippen LogP contribution in [0, 0.1) is 5.82 Å². The van der Waals surface area contributed by atoms with Crippen LogP contribution >= 0.6 is 0 Å². The lowest BCUT2D eigenvalue weighted by Crippen LogP contribution is -2.32. The SMILES string of the molecule is COC(=O)c1c(OC)c(=O)c(C(=O)NCc2ccc(F)cc2)cn1CC=O. The molecule has 142 valence electrons. The Kier molecular flexibility index (Phi) is 6.42. The van der Waals surface area contributed by atoms with E-state index >= 15 is 0 Å². The quantitative estimate of drug-likeness (QED) is 0.569. The van der Waals surface area contributed by atoms with Crippen molar-refractivity contribution in [2.75, 3.05) is 14.2 Å². The summed E-state index contributed by atoms with van der Waals surface area (Å²) in [4.78, 5) is 47.8. The van der Waals surface area contributed by atoms with Crippen molar-refractivity contribution in [2.24, 2.45) is 0 Å². The molecule has 8 nitrogen and oxygen atoms in total. The van der Waals surface area contributed by atoms with Crippen molar-refractivity contribution in [3.05, 3.63) is 63.3 Å². The summed E-state index contributed by atoms with van der Waals surface area (Å²) >= 11 is 0. The first-order chi connectivity index (χ1) is 12.9. The molecule has 0 radical (unpaired) electrons. The lowest BCUT2D eigenvalue weighted by Gasteiger charge is -2.15. The number of ether oxygens (including phenoxy) is 2. The van der Waals surface area contributed by atoms with Gasteiger partial charge in [-0.15, -0.1) is 0 Å². The minimum absolute atomic E-state index is 0.0489. The molecule has 0 unspecified atom stereocenters. The van der Waals surface area contributed by atoms with Gasteiger partial charge in [0.2, 0.25) is 5.43 Å². The first-order valence-electron chi connectivity index (χ1n) is 7.79. The van der Waals surface area contributed by atoms with Crippen LogP contribution in [0.1, 0.15) is 26.4 Å². The molecule has 27 heavy (non-hydrogen) atoms. The predicted molar refractivity (Wildman–Crippen MR) is 92.2 cm³/mol. The second kappa shape index (κ2) is 8.75. The molecule has 1 aromatic heterocycles. The van der Waals surface area contributed by atoms with Crippen LogP contribution in [-0.2, 0) is 22.6 Å². The number of hydrogen-bond donors (Lipinski definition) is 1. The van der Waals surface area contributed by atoms with E-state index in [0.717, 1.165) is 25.0 Å². The van der Waals surface area contributed by atoms with Gasteiger partial charge < -0.3 is 24.2 Å². The fraction of sp³-hybridized carbons (Fsp3) is 0.222. The number of carbonyl (C=O) groups is 3. The van der Waals surface area contributed by atoms with Gasteiger partial charge in [0, 0.05) is 12.7 Å². The monoisotopic (exact) mass is 376 g/mol. The summed E-state index contributed by atoms with van der Waals surface area (Å²) < 4.78 is 23.6. The van der Waals surface area contributed by atoms with E-state index in [0.29, 0.717) is 11.8 Å². The third-order valence-electron chi connectivity index (χ3n) is 3.70. The second-order valence-corrected chi connectivity index (χ2v) is 5.37. The number of benzene rings is 1. The van der Waals surface area contributed by atoms with E-state index in [1.807, 2.05) is 0 Å². The van der Waals surface area contributed by atoms with Gasteiger partial charge in [0.15, 0.2) is 11.4 Å². The van der Waals surface area contributed by atoms with Gasteiger partial charge in [-0.1, -0.05) is 12.1 Å². The number of esters is 1. The topological polar surface area (TPSA) is 104 Å². The second-order valence-electron chi connectivity index (χ2n) is 5.37. The van der Waals surface area contributed by atoms with Crippen molar-refractivity contribution >= 4 is 18.2 Å². The smallest absolute Gasteiger partial charge is 0.358 e. The highest BCUT2D eigenvalue weighted by Gasteiger charge is 2.25. The molecule has 1 heterocycles. The number of halogens is 1. The normalized spacial score (nSPS) is 10.2. The van der Waals surface area contributed by atoms with Crippen molar-refractivity contribution in [1.29, 1.82) is 0 Å². The molecule has 0 bridgehead atoms. The predicted octanol–water partition coefficient (Wildman–Crippen LogP) is 0.911. The highest BCUT2D eigenvalue weighted by atomic mass is 19.1. The fourth-order valence-electron chi connectivity index (χ4n) is 2.40. The Morgan fingerprint density at radius 3 is 2.44 bits per heavy atom. The third-order valence-corrected chi connectivity index (χ3v) is 3.70. The van der Waals surface area contributed by atoms with Crippen LogP contribution < -0.4 is 15.5 Å². The molecule has 1 amide bonds. The van der Waals surface area contributed by atoms with Crippen molar-refractivity contribution in [3.63, 3.8) is 0 Å². The molecule has 9 heteroatoms. The van der Waals surface area contributed by atoms with Crippen LogP contribution in [0.15, 0.2) is 35.3 Å². The largest absolute Gasteiger partial charge is 0.491 e. The van der Waals surface area contributed by atoms with Crippen LogP contribution in [0.4, 0.5) is 4.39 Å². The molecular weight excluding hydrogens is 359 g/mol. The maximum atomic E-state index is 12.9. The van der Waals surface area contributed by atoms with E-state index in [9.17, 15) is 23.6 Å². The fourth-order valence-corrected chi connectivity index (χ4v) is 2.40. The Bertz CT molecular complexity index is 921. The molecular formula is C18H17FN2O6. The minimum atomic E-state index is -0.885. The molecule has 0 aliphatic carbocycles. The number of aldehydes is 1. The van der Waals surface area contributed by atoms with E-state index in [1.54, 1.807) is 0 Å². The summed E-state index contributed by atoms with van der Waals surface area (Å²) in [7, 11) is 2.27. The maximum absolute atomic E-state index is 12.9. The summed E-state index contributed by atoms with van der Waals surface area (Å²) in [6, 6.07) is 5.46. The molecule has 0 aliphatic heterocycles. The number of carbonyl (C=O) groups excluding carboxylic acids is 3. The molecule has 0 spiro atoms. The molecule has 0 saturated carbocycles. The molecule has 1 aromatic carbocycles. The summed E-state index contributed by atoms with van der Waals surface area (Å²) in [5.74, 6) is -2.44. The number of pyridine rings is 1. The van der Waals surface area contributed by atoms with E-state index in [-0.39, 0.29) is 24.3 Å². The summed E-state index contributed by atoms with van der Waals surface area (Å²) in [5, 5.41) is 2.52. The van der Waals surface area contributed by atoms with Gasteiger partial charge in [-0.2, -0.15) is 0 Å². The number of rotatable bonds is 7. The number of nitrogens with zero attached hydrogens (tertiary/aromatic N) is 1. The van der Waals surface area contributed by atoms with Crippen LogP contribution in [0.2, 0.25) is 0 Å². The first-order valence-corrected chi connectivity index (χ1v) is 7.79. The lowest BCUT2D eigenvalue weighted by atomic mass is 10.1. The standard InChI is InChI=1S/C18H17FN2O6/c1-26-16-14(18(25)27-2)21(7-8-22)10-13(15(16)23)17(24)20-9-11-3-5-12(19)6-4-11/h3-6,8,10H,7,9H2,1-2H3,(H,20,24). The average Bonchev–Trinajstić information content (AvgIpc) is 2.67. The number of nitrogens with one attached hydrogen (secondary N) is 1. The Labute approximate surface area is 153 Å². The van der Waals surface area contributed by atoms with Gasteiger partial charge in [0.05, 0.1) is 20.8 Å². The van der Waals surface area contributed by atoms with Gasteiger partial charge in [0.25, 0.3) is 5.91 Å². The lowest BCUT2D eigenvalue weighted by molar-refractivity contribution is -0.108. The average molecular weight is 376 g/mol. The summed E-state index contributed by atoms with van der Waals surface area (Å²) in [6.07, 6.45) is 1.59. The molecule has 2 rings (SSSR count). The summed E-state index contributed by atoms with van der Waals surface area (Å²) in [5.41, 5.74) is -0.789. The zero-order valence-corrected chi connectivity index (χ0v) is 14.7. The minimum Gasteiger partial charge on any atom is -0.491 e. The maximum Gasteiger partial charge on any atom is 0.358 e. The Morgan fingerprint density at radius 1 is 1.22 bits per heavy atom. The molecule has 1 N–H and O–H groups in total. The number of amides is 1. The number of methoxy groups -OCH3 is 2. The number of hydrogen-bond acceptors (Lipinski definition) is 6. The van der Waals surface area contributed by atoms with Crippen LogP contribution in [-0.4, -0.2) is 36.9 Å². The zero-order chi connectivity index (χ0) is 20.0. The zero-order valence-electron chi connectivity index (χ0n) is 14.7. The first kappa shape index (κ1) is 19.8. The highest BCUT2D eigenvalue weighted by Crippen LogP contribution is 2.16. The van der Waals surface area contributed by atoms with E-state index in [4.69, 9.17) is 4.74 Å². The van der Waals surface area contributed by atoms with Gasteiger partial charge in [0.1, 0.15) is 17.7 Å².